The maximum Gasteiger partial charge on any atom is 0.330 e. The van der Waals surface area contributed by atoms with Gasteiger partial charge in [0, 0.05) is 13.1 Å². The van der Waals surface area contributed by atoms with Gasteiger partial charge in [-0.25, -0.2) is 9.80 Å². The number of fused-ring (bicyclic) bond motifs is 1. The number of hydrazine groups is 1. The number of amides is 1. The summed E-state index contributed by atoms with van der Waals surface area (Å²) in [5, 5.41) is 3.53. The van der Waals surface area contributed by atoms with Crippen LogP contribution in [0.2, 0.25) is 0 Å². The Balaban J connectivity index is 1.69. The molecule has 2 N–H and O–H groups in total. The number of rotatable bonds is 3. The van der Waals surface area contributed by atoms with Crippen LogP contribution in [0.15, 0.2) is 30.3 Å². The van der Waals surface area contributed by atoms with Gasteiger partial charge in [0.1, 0.15) is 12.6 Å². The quantitative estimate of drug-likeness (QED) is 0.844. The van der Waals surface area contributed by atoms with Crippen LogP contribution in [0.25, 0.3) is 0 Å². The summed E-state index contributed by atoms with van der Waals surface area (Å²) in [5.41, 5.74) is 6.88. The van der Waals surface area contributed by atoms with Gasteiger partial charge < -0.3 is 10.5 Å². The van der Waals surface area contributed by atoms with Crippen LogP contribution in [0, 0.1) is 0 Å². The first kappa shape index (κ1) is 16.0. The van der Waals surface area contributed by atoms with E-state index in [1.165, 1.54) is 0 Å². The number of nitrogens with zero attached hydrogens (tertiary/aromatic N) is 2. The number of carbonyl (C=O) groups excluding carboxylic acids is 2. The molecule has 2 heterocycles. The average molecular weight is 317 g/mol. The van der Waals surface area contributed by atoms with Gasteiger partial charge in [-0.1, -0.05) is 30.3 Å². The van der Waals surface area contributed by atoms with Gasteiger partial charge in [-0.2, -0.15) is 0 Å². The first-order valence-corrected chi connectivity index (χ1v) is 8.21. The van der Waals surface area contributed by atoms with E-state index in [0.29, 0.717) is 12.8 Å². The van der Waals surface area contributed by atoms with E-state index in [-0.39, 0.29) is 18.5 Å². The summed E-state index contributed by atoms with van der Waals surface area (Å²) in [6.07, 6.45) is 3.04. The van der Waals surface area contributed by atoms with E-state index in [1.807, 2.05) is 35.3 Å². The van der Waals surface area contributed by atoms with Crippen LogP contribution in [-0.4, -0.2) is 47.1 Å². The van der Waals surface area contributed by atoms with E-state index in [4.69, 9.17) is 10.5 Å². The van der Waals surface area contributed by atoms with Crippen molar-refractivity contribution in [1.82, 2.24) is 10.0 Å². The van der Waals surface area contributed by atoms with Gasteiger partial charge in [0.15, 0.2) is 0 Å². The molecular weight excluding hydrogens is 294 g/mol. The molecule has 2 atom stereocenters. The highest BCUT2D eigenvalue weighted by atomic mass is 16.5. The lowest BCUT2D eigenvalue weighted by Gasteiger charge is -2.42. The monoisotopic (exact) mass is 317 g/mol. The lowest BCUT2D eigenvalue weighted by molar-refractivity contribution is -0.177. The molecule has 0 unspecified atom stereocenters. The second-order valence-electron chi connectivity index (χ2n) is 6.14. The van der Waals surface area contributed by atoms with E-state index >= 15 is 0 Å². The van der Waals surface area contributed by atoms with Gasteiger partial charge in [0.2, 0.25) is 0 Å². The number of benzene rings is 1. The van der Waals surface area contributed by atoms with Crippen molar-refractivity contribution in [3.63, 3.8) is 0 Å². The van der Waals surface area contributed by atoms with Gasteiger partial charge in [-0.15, -0.1) is 0 Å². The third kappa shape index (κ3) is 3.54. The smallest absolute Gasteiger partial charge is 0.330 e. The molecule has 1 aromatic carbocycles. The number of nitrogens with two attached hydrogens (primary N) is 1. The minimum absolute atomic E-state index is 0.163. The van der Waals surface area contributed by atoms with Crippen LogP contribution < -0.4 is 5.73 Å². The van der Waals surface area contributed by atoms with Gasteiger partial charge in [-0.3, -0.25) is 9.80 Å². The van der Waals surface area contributed by atoms with Crippen LogP contribution in [-0.2, 0) is 20.9 Å². The molecule has 0 bridgehead atoms. The van der Waals surface area contributed by atoms with E-state index in [0.717, 1.165) is 31.5 Å². The summed E-state index contributed by atoms with van der Waals surface area (Å²) in [7, 11) is 0. The van der Waals surface area contributed by atoms with Crippen LogP contribution in [0.3, 0.4) is 0 Å². The molecule has 3 rings (SSSR count). The first-order valence-electron chi connectivity index (χ1n) is 8.21. The Kier molecular flexibility index (Phi) is 4.93. The summed E-state index contributed by atoms with van der Waals surface area (Å²) in [6, 6.07) is 8.47. The molecular formula is C17H23N3O3. The first-order chi connectivity index (χ1) is 11.2. The number of hydrogen-bond acceptors (Lipinski definition) is 5. The van der Waals surface area contributed by atoms with Gasteiger partial charge in [0.25, 0.3) is 5.91 Å². The molecule has 1 amide bonds. The number of hydrogen-bond donors (Lipinski definition) is 1. The van der Waals surface area contributed by atoms with Crippen LogP contribution in [0.5, 0.6) is 0 Å². The molecule has 0 saturated carbocycles. The minimum Gasteiger partial charge on any atom is -0.459 e. The van der Waals surface area contributed by atoms with Crippen molar-refractivity contribution < 1.29 is 14.3 Å². The lowest BCUT2D eigenvalue weighted by atomic mass is 10.1. The molecule has 2 aliphatic heterocycles. The third-order valence-corrected chi connectivity index (χ3v) is 4.46. The van der Waals surface area contributed by atoms with Crippen molar-refractivity contribution in [3.05, 3.63) is 35.9 Å². The van der Waals surface area contributed by atoms with E-state index in [2.05, 4.69) is 0 Å². The maximum atomic E-state index is 12.5. The SMILES string of the molecule is N[C@H]1CCCN2CCC[C@@H](C(=O)OCc3ccccc3)N2C1=O. The largest absolute Gasteiger partial charge is 0.459 e. The Bertz CT molecular complexity index is 563. The predicted octanol–water partition coefficient (Wildman–Crippen LogP) is 1.06. The highest BCUT2D eigenvalue weighted by Crippen LogP contribution is 2.24. The zero-order valence-electron chi connectivity index (χ0n) is 13.2. The van der Waals surface area contributed by atoms with Crippen molar-refractivity contribution >= 4 is 11.9 Å². The standard InChI is InChI=1S/C17H23N3O3/c18-14-8-4-10-19-11-5-9-15(20(19)16(14)21)17(22)23-12-13-6-2-1-3-7-13/h1-3,6-7,14-15H,4-5,8-12,18H2/t14-,15-/m0/s1. The van der Waals surface area contributed by atoms with Gasteiger partial charge in [-0.05, 0) is 31.2 Å². The zero-order valence-corrected chi connectivity index (χ0v) is 13.2. The summed E-state index contributed by atoms with van der Waals surface area (Å²) in [6.45, 7) is 1.78. The normalized spacial score (nSPS) is 25.6. The fraction of sp³-hybridized carbons (Fsp3) is 0.529. The van der Waals surface area contributed by atoms with Crippen molar-refractivity contribution in [2.24, 2.45) is 5.73 Å². The second-order valence-corrected chi connectivity index (χ2v) is 6.14. The molecule has 0 aromatic heterocycles. The number of carbonyl (C=O) groups is 2. The van der Waals surface area contributed by atoms with Gasteiger partial charge >= 0.3 is 5.97 Å². The van der Waals surface area contributed by atoms with Crippen molar-refractivity contribution in [2.45, 2.75) is 44.4 Å². The molecule has 0 aliphatic carbocycles. The summed E-state index contributed by atoms with van der Waals surface area (Å²) < 4.78 is 5.44. The molecule has 0 radical (unpaired) electrons. The molecule has 2 fully saturated rings. The van der Waals surface area contributed by atoms with Crippen LogP contribution >= 0.6 is 0 Å². The van der Waals surface area contributed by atoms with E-state index in [9.17, 15) is 9.59 Å². The Morgan fingerprint density at radius 3 is 2.61 bits per heavy atom. The van der Waals surface area contributed by atoms with Crippen LogP contribution in [0.1, 0.15) is 31.2 Å². The second kappa shape index (κ2) is 7.10. The van der Waals surface area contributed by atoms with Gasteiger partial charge in [0.05, 0.1) is 6.04 Å². The third-order valence-electron chi connectivity index (χ3n) is 4.46. The van der Waals surface area contributed by atoms with Crippen molar-refractivity contribution in [1.29, 1.82) is 0 Å². The molecule has 23 heavy (non-hydrogen) atoms. The van der Waals surface area contributed by atoms with Crippen molar-refractivity contribution in [2.75, 3.05) is 13.1 Å². The Labute approximate surface area is 136 Å². The fourth-order valence-electron chi connectivity index (χ4n) is 3.24. The highest BCUT2D eigenvalue weighted by molar-refractivity contribution is 5.87. The molecule has 2 saturated heterocycles. The average Bonchev–Trinajstić information content (AvgIpc) is 2.73. The lowest BCUT2D eigenvalue weighted by Crippen LogP contribution is -2.60. The summed E-state index contributed by atoms with van der Waals surface area (Å²) in [5.74, 6) is -0.509. The molecule has 2 aliphatic rings. The Morgan fingerprint density at radius 2 is 1.87 bits per heavy atom. The number of ether oxygens (including phenoxy) is 1. The molecule has 6 nitrogen and oxygen atoms in total. The summed E-state index contributed by atoms with van der Waals surface area (Å²) >= 11 is 0. The maximum absolute atomic E-state index is 12.5. The zero-order chi connectivity index (χ0) is 16.2. The molecule has 0 spiro atoms. The topological polar surface area (TPSA) is 75.9 Å². The minimum atomic E-state index is -0.552. The Hall–Kier alpha value is -1.92. The number of esters is 1. The molecule has 124 valence electrons. The van der Waals surface area contributed by atoms with Crippen molar-refractivity contribution in [3.8, 4) is 0 Å². The molecule has 6 heteroatoms. The Morgan fingerprint density at radius 1 is 1.17 bits per heavy atom. The van der Waals surface area contributed by atoms with E-state index in [1.54, 1.807) is 5.01 Å². The predicted molar refractivity (Wildman–Crippen MR) is 84.9 cm³/mol. The summed E-state index contributed by atoms with van der Waals surface area (Å²) in [4.78, 5) is 25.0. The van der Waals surface area contributed by atoms with Crippen LogP contribution in [0.4, 0.5) is 0 Å². The molecule has 1 aromatic rings. The fourth-order valence-corrected chi connectivity index (χ4v) is 3.24. The van der Waals surface area contributed by atoms with E-state index < -0.39 is 12.1 Å². The highest BCUT2D eigenvalue weighted by Gasteiger charge is 2.41.